The smallest absolute Gasteiger partial charge is 0.224 e. The predicted molar refractivity (Wildman–Crippen MR) is 105 cm³/mol. The van der Waals surface area contributed by atoms with Crippen molar-refractivity contribution in [3.63, 3.8) is 0 Å². The maximum atomic E-state index is 12.4. The van der Waals surface area contributed by atoms with E-state index in [2.05, 4.69) is 17.1 Å². The number of likely N-dealkylation sites (N-methyl/N-ethyl adjacent to an activating group) is 1. The number of halogens is 2. The van der Waals surface area contributed by atoms with Crippen LogP contribution in [-0.4, -0.2) is 36.5 Å². The van der Waals surface area contributed by atoms with Crippen LogP contribution in [0.3, 0.4) is 0 Å². The maximum Gasteiger partial charge on any atom is 0.224 e. The Balaban J connectivity index is 0.00000264. The van der Waals surface area contributed by atoms with E-state index in [4.69, 9.17) is 5.73 Å². The van der Waals surface area contributed by atoms with Gasteiger partial charge in [0.05, 0.1) is 5.92 Å². The van der Waals surface area contributed by atoms with E-state index in [9.17, 15) is 4.79 Å². The molecular formula is C18H31Cl2N3O. The summed E-state index contributed by atoms with van der Waals surface area (Å²) >= 11 is 0. The molecule has 1 aromatic carbocycles. The van der Waals surface area contributed by atoms with Gasteiger partial charge in [-0.3, -0.25) is 9.69 Å². The normalized spacial score (nSPS) is 20.2. The average molecular weight is 376 g/mol. The predicted octanol–water partition coefficient (Wildman–Crippen LogP) is 3.16. The number of hydrogen-bond donors (Lipinski definition) is 2. The van der Waals surface area contributed by atoms with Crippen molar-refractivity contribution in [2.45, 2.75) is 45.2 Å². The van der Waals surface area contributed by atoms with Crippen LogP contribution in [0.2, 0.25) is 0 Å². The summed E-state index contributed by atoms with van der Waals surface area (Å²) in [5.41, 5.74) is 7.24. The molecule has 4 nitrogen and oxygen atoms in total. The summed E-state index contributed by atoms with van der Waals surface area (Å²) in [6.07, 6.45) is 3.71. The first-order valence-electron chi connectivity index (χ1n) is 8.45. The molecule has 1 aliphatic rings. The maximum absolute atomic E-state index is 12.4. The van der Waals surface area contributed by atoms with Gasteiger partial charge in [0.25, 0.3) is 0 Å². The lowest BCUT2D eigenvalue weighted by Gasteiger charge is -2.35. The lowest BCUT2D eigenvalue weighted by Crippen LogP contribution is -2.48. The van der Waals surface area contributed by atoms with Crippen LogP contribution in [0, 0.1) is 5.92 Å². The van der Waals surface area contributed by atoms with Crippen molar-refractivity contribution in [3.8, 4) is 0 Å². The van der Waals surface area contributed by atoms with Gasteiger partial charge < -0.3 is 11.1 Å². The van der Waals surface area contributed by atoms with Crippen LogP contribution in [-0.2, 0) is 4.79 Å². The molecule has 3 atom stereocenters. The Morgan fingerprint density at radius 3 is 2.58 bits per heavy atom. The number of nitrogens with zero attached hydrogens (tertiary/aromatic N) is 1. The summed E-state index contributed by atoms with van der Waals surface area (Å²) in [4.78, 5) is 14.8. The molecule has 2 rings (SSSR count). The Morgan fingerprint density at radius 1 is 1.29 bits per heavy atom. The highest BCUT2D eigenvalue weighted by atomic mass is 35.5. The molecule has 1 aliphatic heterocycles. The zero-order valence-electron chi connectivity index (χ0n) is 14.6. The first-order valence-corrected chi connectivity index (χ1v) is 8.45. The number of amides is 1. The molecule has 138 valence electrons. The third-order valence-corrected chi connectivity index (χ3v) is 4.80. The molecule has 24 heavy (non-hydrogen) atoms. The van der Waals surface area contributed by atoms with E-state index < -0.39 is 0 Å². The van der Waals surface area contributed by atoms with E-state index >= 15 is 0 Å². The Bertz CT molecular complexity index is 473. The van der Waals surface area contributed by atoms with Gasteiger partial charge in [-0.25, -0.2) is 0 Å². The van der Waals surface area contributed by atoms with Crippen LogP contribution in [0.15, 0.2) is 30.3 Å². The van der Waals surface area contributed by atoms with Crippen LogP contribution in [0.1, 0.15) is 44.7 Å². The van der Waals surface area contributed by atoms with Crippen molar-refractivity contribution in [2.24, 2.45) is 11.7 Å². The number of carbonyl (C=O) groups is 1. The van der Waals surface area contributed by atoms with Crippen LogP contribution < -0.4 is 11.1 Å². The fraction of sp³-hybridized carbons (Fsp3) is 0.611. The quantitative estimate of drug-likeness (QED) is 0.802. The Labute approximate surface area is 158 Å². The van der Waals surface area contributed by atoms with Crippen LogP contribution in [0.25, 0.3) is 0 Å². The third-order valence-electron chi connectivity index (χ3n) is 4.80. The van der Waals surface area contributed by atoms with Gasteiger partial charge in [-0.15, -0.1) is 24.8 Å². The highest BCUT2D eigenvalue weighted by Crippen LogP contribution is 2.20. The largest absolute Gasteiger partial charge is 0.354 e. The number of piperidine rings is 1. The van der Waals surface area contributed by atoms with Crippen molar-refractivity contribution < 1.29 is 4.79 Å². The van der Waals surface area contributed by atoms with Gasteiger partial charge in [0.1, 0.15) is 0 Å². The SMILES string of the molecule is CCN1CCCCC1CNC(=O)C(C)C(N)c1ccccc1.Cl.Cl. The molecule has 3 unspecified atom stereocenters. The second-order valence-electron chi connectivity index (χ2n) is 6.25. The minimum Gasteiger partial charge on any atom is -0.354 e. The minimum atomic E-state index is -0.255. The molecule has 0 aromatic heterocycles. The van der Waals surface area contributed by atoms with Crippen molar-refractivity contribution in [1.82, 2.24) is 10.2 Å². The third kappa shape index (κ3) is 6.25. The summed E-state index contributed by atoms with van der Waals surface area (Å²) in [7, 11) is 0. The number of hydrogen-bond acceptors (Lipinski definition) is 3. The van der Waals surface area contributed by atoms with E-state index in [0.29, 0.717) is 6.04 Å². The number of nitrogens with one attached hydrogen (secondary N) is 1. The van der Waals surface area contributed by atoms with Crippen molar-refractivity contribution in [3.05, 3.63) is 35.9 Å². The van der Waals surface area contributed by atoms with Crippen LogP contribution in [0.4, 0.5) is 0 Å². The highest BCUT2D eigenvalue weighted by Gasteiger charge is 2.25. The number of nitrogens with two attached hydrogens (primary N) is 1. The zero-order valence-corrected chi connectivity index (χ0v) is 16.2. The fourth-order valence-corrected chi connectivity index (χ4v) is 3.21. The molecule has 0 radical (unpaired) electrons. The number of rotatable bonds is 6. The number of benzene rings is 1. The van der Waals surface area contributed by atoms with Gasteiger partial charge in [0.2, 0.25) is 5.91 Å². The van der Waals surface area contributed by atoms with E-state index in [1.54, 1.807) is 0 Å². The molecular weight excluding hydrogens is 345 g/mol. The Hall–Kier alpha value is -0.810. The van der Waals surface area contributed by atoms with Gasteiger partial charge in [-0.2, -0.15) is 0 Å². The first-order chi connectivity index (χ1) is 10.6. The van der Waals surface area contributed by atoms with Gasteiger partial charge in [-0.05, 0) is 31.5 Å². The summed E-state index contributed by atoms with van der Waals surface area (Å²) in [6.45, 7) is 7.04. The van der Waals surface area contributed by atoms with Crippen molar-refractivity contribution >= 4 is 30.7 Å². The first kappa shape index (κ1) is 23.2. The standard InChI is InChI=1S/C18H29N3O.2ClH/c1-3-21-12-8-7-11-16(21)13-20-18(22)14(2)17(19)15-9-5-4-6-10-15;;/h4-6,9-10,14,16-17H,3,7-8,11-13,19H2,1-2H3,(H,20,22);2*1H. The molecule has 1 amide bonds. The molecule has 1 heterocycles. The number of carbonyl (C=O) groups excluding carboxylic acids is 1. The van der Waals surface area contributed by atoms with Crippen LogP contribution in [0.5, 0.6) is 0 Å². The van der Waals surface area contributed by atoms with E-state index in [-0.39, 0.29) is 42.7 Å². The lowest BCUT2D eigenvalue weighted by atomic mass is 9.94. The van der Waals surface area contributed by atoms with Crippen molar-refractivity contribution in [2.75, 3.05) is 19.6 Å². The highest BCUT2D eigenvalue weighted by molar-refractivity contribution is 5.85. The summed E-state index contributed by atoms with van der Waals surface area (Å²) in [5, 5.41) is 3.11. The van der Waals surface area contributed by atoms with E-state index in [1.165, 1.54) is 19.3 Å². The van der Waals surface area contributed by atoms with Gasteiger partial charge in [0, 0.05) is 18.6 Å². The molecule has 0 spiro atoms. The van der Waals surface area contributed by atoms with Gasteiger partial charge in [-0.1, -0.05) is 50.6 Å². The minimum absolute atomic E-state index is 0. The van der Waals surface area contributed by atoms with E-state index in [1.807, 2.05) is 37.3 Å². The molecule has 1 saturated heterocycles. The topological polar surface area (TPSA) is 58.4 Å². The molecule has 0 saturated carbocycles. The van der Waals surface area contributed by atoms with Gasteiger partial charge in [0.15, 0.2) is 0 Å². The van der Waals surface area contributed by atoms with Gasteiger partial charge >= 0.3 is 0 Å². The second kappa shape index (κ2) is 11.7. The van der Waals surface area contributed by atoms with E-state index in [0.717, 1.165) is 25.2 Å². The molecule has 1 fully saturated rings. The Kier molecular flexibility index (Phi) is 11.3. The number of likely N-dealkylation sites (tertiary alicyclic amines) is 1. The molecule has 3 N–H and O–H groups in total. The lowest BCUT2D eigenvalue weighted by molar-refractivity contribution is -0.125. The molecule has 1 aromatic rings. The van der Waals surface area contributed by atoms with Crippen molar-refractivity contribution in [1.29, 1.82) is 0 Å². The fourth-order valence-electron chi connectivity index (χ4n) is 3.21. The summed E-state index contributed by atoms with van der Waals surface area (Å²) in [5.74, 6) is -0.168. The molecule has 6 heteroatoms. The summed E-state index contributed by atoms with van der Waals surface area (Å²) < 4.78 is 0. The molecule has 0 bridgehead atoms. The monoisotopic (exact) mass is 375 g/mol. The van der Waals surface area contributed by atoms with Crippen LogP contribution >= 0.6 is 24.8 Å². The molecule has 0 aliphatic carbocycles. The zero-order chi connectivity index (χ0) is 15.9. The average Bonchev–Trinajstić information content (AvgIpc) is 2.59. The second-order valence-corrected chi connectivity index (χ2v) is 6.25. The Morgan fingerprint density at radius 2 is 1.96 bits per heavy atom. The summed E-state index contributed by atoms with van der Waals surface area (Å²) in [6, 6.07) is 10.1.